The number of carbonyl (C=O) groups is 1. The van der Waals surface area contributed by atoms with Crippen molar-refractivity contribution in [3.8, 4) is 0 Å². The van der Waals surface area contributed by atoms with E-state index in [1.54, 1.807) is 0 Å². The number of carboxylic acid groups (broad SMARTS) is 1. The largest absolute Gasteiger partial charge is 0.481 e. The maximum atomic E-state index is 10.6. The van der Waals surface area contributed by atoms with Gasteiger partial charge in [-0.2, -0.15) is 0 Å². The fourth-order valence-electron chi connectivity index (χ4n) is 2.96. The summed E-state index contributed by atoms with van der Waals surface area (Å²) in [6, 6.07) is 8.75. The van der Waals surface area contributed by atoms with Crippen LogP contribution in [0.1, 0.15) is 36.8 Å². The molecule has 0 radical (unpaired) electrons. The normalized spacial score (nSPS) is 19.9. The van der Waals surface area contributed by atoms with Gasteiger partial charge in [-0.05, 0) is 50.6 Å². The third-order valence-corrected chi connectivity index (χ3v) is 4.21. The van der Waals surface area contributed by atoms with Gasteiger partial charge >= 0.3 is 5.97 Å². The molecule has 110 valence electrons. The zero-order valence-corrected chi connectivity index (χ0v) is 12.3. The number of rotatable bonds is 6. The summed E-state index contributed by atoms with van der Waals surface area (Å²) < 4.78 is 0. The van der Waals surface area contributed by atoms with E-state index in [1.165, 1.54) is 24.0 Å². The predicted octanol–water partition coefficient (Wildman–Crippen LogP) is 3.11. The molecule has 3 nitrogen and oxygen atoms in total. The highest BCUT2D eigenvalue weighted by Crippen LogP contribution is 2.21. The molecule has 1 N–H and O–H groups in total. The Morgan fingerprint density at radius 1 is 1.35 bits per heavy atom. The van der Waals surface area contributed by atoms with Crippen molar-refractivity contribution in [2.24, 2.45) is 5.92 Å². The Kier molecular flexibility index (Phi) is 5.60. The number of benzene rings is 1. The molecule has 0 amide bonds. The first-order valence-electron chi connectivity index (χ1n) is 7.63. The Hall–Kier alpha value is -1.35. The molecule has 3 heteroatoms. The molecule has 0 spiro atoms. The Balaban J connectivity index is 1.75. The van der Waals surface area contributed by atoms with Gasteiger partial charge in [-0.25, -0.2) is 0 Å². The second-order valence-electron chi connectivity index (χ2n) is 5.98. The maximum Gasteiger partial charge on any atom is 0.303 e. The quantitative estimate of drug-likeness (QED) is 0.867. The minimum absolute atomic E-state index is 0.316. The zero-order chi connectivity index (χ0) is 14.4. The number of nitrogens with zero attached hydrogens (tertiary/aromatic N) is 1. The molecule has 1 aliphatic rings. The summed E-state index contributed by atoms with van der Waals surface area (Å²) >= 11 is 0. The van der Waals surface area contributed by atoms with Crippen molar-refractivity contribution in [2.75, 3.05) is 19.6 Å². The van der Waals surface area contributed by atoms with E-state index >= 15 is 0 Å². The van der Waals surface area contributed by atoms with Gasteiger partial charge in [-0.1, -0.05) is 29.8 Å². The maximum absolute atomic E-state index is 10.6. The fourth-order valence-corrected chi connectivity index (χ4v) is 2.96. The van der Waals surface area contributed by atoms with Crippen molar-refractivity contribution < 1.29 is 9.90 Å². The number of aliphatic carboxylic acids is 1. The number of hydrogen-bond donors (Lipinski definition) is 1. The van der Waals surface area contributed by atoms with Crippen molar-refractivity contribution in [2.45, 2.75) is 39.0 Å². The minimum atomic E-state index is -0.665. The van der Waals surface area contributed by atoms with Gasteiger partial charge < -0.3 is 10.0 Å². The molecule has 0 aliphatic carbocycles. The summed E-state index contributed by atoms with van der Waals surface area (Å²) in [5.41, 5.74) is 2.70. The van der Waals surface area contributed by atoms with E-state index in [0.29, 0.717) is 12.3 Å². The molecule has 1 heterocycles. The second-order valence-corrected chi connectivity index (χ2v) is 5.98. The molecule has 1 aliphatic heterocycles. The molecule has 0 aromatic heterocycles. The van der Waals surface area contributed by atoms with Gasteiger partial charge in [0.15, 0.2) is 0 Å². The van der Waals surface area contributed by atoms with Crippen LogP contribution in [-0.2, 0) is 11.2 Å². The van der Waals surface area contributed by atoms with Crippen LogP contribution in [0.25, 0.3) is 0 Å². The van der Waals surface area contributed by atoms with Crippen molar-refractivity contribution >= 4 is 5.97 Å². The van der Waals surface area contributed by atoms with E-state index in [0.717, 1.165) is 32.5 Å². The summed E-state index contributed by atoms with van der Waals surface area (Å²) in [5.74, 6) is -0.0975. The molecule has 2 rings (SSSR count). The minimum Gasteiger partial charge on any atom is -0.481 e. The molecule has 0 saturated carbocycles. The summed E-state index contributed by atoms with van der Waals surface area (Å²) in [4.78, 5) is 13.1. The van der Waals surface area contributed by atoms with Crippen LogP contribution in [0.15, 0.2) is 24.3 Å². The summed E-state index contributed by atoms with van der Waals surface area (Å²) in [6.45, 7) is 5.43. The van der Waals surface area contributed by atoms with Crippen LogP contribution >= 0.6 is 0 Å². The predicted molar refractivity (Wildman–Crippen MR) is 80.9 cm³/mol. The van der Waals surface area contributed by atoms with E-state index < -0.39 is 5.97 Å². The van der Waals surface area contributed by atoms with Gasteiger partial charge in [0.05, 0.1) is 0 Å². The van der Waals surface area contributed by atoms with Crippen LogP contribution in [0.3, 0.4) is 0 Å². The molecule has 20 heavy (non-hydrogen) atoms. The number of aryl methyl sites for hydroxylation is 1. The molecule has 1 aromatic carbocycles. The van der Waals surface area contributed by atoms with E-state index in [-0.39, 0.29) is 0 Å². The summed E-state index contributed by atoms with van der Waals surface area (Å²) in [6.07, 6.45) is 4.63. The Bertz CT molecular complexity index is 427. The highest BCUT2D eigenvalue weighted by Gasteiger charge is 2.20. The van der Waals surface area contributed by atoms with Gasteiger partial charge in [-0.15, -0.1) is 0 Å². The molecular formula is C17H25NO2. The van der Waals surface area contributed by atoms with E-state index in [9.17, 15) is 4.79 Å². The van der Waals surface area contributed by atoms with E-state index in [4.69, 9.17) is 5.11 Å². The van der Waals surface area contributed by atoms with Crippen molar-refractivity contribution in [1.29, 1.82) is 0 Å². The smallest absolute Gasteiger partial charge is 0.303 e. The molecule has 1 saturated heterocycles. The molecular weight excluding hydrogens is 250 g/mol. The van der Waals surface area contributed by atoms with Crippen LogP contribution < -0.4 is 0 Å². The monoisotopic (exact) mass is 275 g/mol. The average molecular weight is 275 g/mol. The third-order valence-electron chi connectivity index (χ3n) is 4.21. The Morgan fingerprint density at radius 3 is 2.80 bits per heavy atom. The van der Waals surface area contributed by atoms with Crippen molar-refractivity contribution in [3.63, 3.8) is 0 Å². The van der Waals surface area contributed by atoms with E-state index in [1.807, 2.05) is 0 Å². The first-order valence-corrected chi connectivity index (χ1v) is 7.63. The van der Waals surface area contributed by atoms with Crippen LogP contribution in [-0.4, -0.2) is 35.6 Å². The number of piperidine rings is 1. The van der Waals surface area contributed by atoms with Gasteiger partial charge in [0.2, 0.25) is 0 Å². The third kappa shape index (κ3) is 4.97. The van der Waals surface area contributed by atoms with Gasteiger partial charge in [-0.3, -0.25) is 4.79 Å². The molecule has 1 aromatic rings. The van der Waals surface area contributed by atoms with E-state index in [2.05, 4.69) is 36.1 Å². The lowest BCUT2D eigenvalue weighted by Gasteiger charge is -2.32. The Morgan fingerprint density at radius 2 is 2.10 bits per heavy atom. The lowest BCUT2D eigenvalue weighted by Crippen LogP contribution is -2.36. The van der Waals surface area contributed by atoms with Crippen LogP contribution in [0.2, 0.25) is 0 Å². The van der Waals surface area contributed by atoms with Crippen molar-refractivity contribution in [1.82, 2.24) is 4.90 Å². The van der Waals surface area contributed by atoms with Crippen molar-refractivity contribution in [3.05, 3.63) is 35.4 Å². The Labute approximate surface area is 121 Å². The number of hydrogen-bond acceptors (Lipinski definition) is 2. The average Bonchev–Trinajstić information content (AvgIpc) is 2.45. The van der Waals surface area contributed by atoms with Gasteiger partial charge in [0.1, 0.15) is 0 Å². The molecule has 1 atom stereocenters. The topological polar surface area (TPSA) is 40.5 Å². The van der Waals surface area contributed by atoms with Gasteiger partial charge in [0, 0.05) is 19.5 Å². The lowest BCUT2D eigenvalue weighted by atomic mass is 9.93. The zero-order valence-electron chi connectivity index (χ0n) is 12.3. The summed E-state index contributed by atoms with van der Waals surface area (Å²) in [5, 5.41) is 8.77. The summed E-state index contributed by atoms with van der Waals surface area (Å²) in [7, 11) is 0. The second kappa shape index (κ2) is 7.44. The molecule has 0 bridgehead atoms. The molecule has 1 unspecified atom stereocenters. The standard InChI is InChI=1S/C17H25NO2/c1-14-4-6-15(7-5-14)10-12-18-11-2-3-16(13-18)8-9-17(19)20/h4-7,16H,2-3,8-13H2,1H3,(H,19,20). The number of likely N-dealkylation sites (tertiary alicyclic amines) is 1. The first-order chi connectivity index (χ1) is 9.63. The van der Waals surface area contributed by atoms with Gasteiger partial charge in [0.25, 0.3) is 0 Å². The number of carboxylic acids is 1. The van der Waals surface area contributed by atoms with Crippen LogP contribution in [0, 0.1) is 12.8 Å². The highest BCUT2D eigenvalue weighted by molar-refractivity contribution is 5.66. The van der Waals surface area contributed by atoms with Crippen LogP contribution in [0.4, 0.5) is 0 Å². The van der Waals surface area contributed by atoms with Crippen LogP contribution in [0.5, 0.6) is 0 Å². The lowest BCUT2D eigenvalue weighted by molar-refractivity contribution is -0.137. The SMILES string of the molecule is Cc1ccc(CCN2CCCC(CCC(=O)O)C2)cc1. The highest BCUT2D eigenvalue weighted by atomic mass is 16.4. The molecule has 1 fully saturated rings. The first kappa shape index (κ1) is 15.0. The fraction of sp³-hybridized carbons (Fsp3) is 0.588.